The Kier molecular flexibility index (Phi) is 3.92. The number of hydrogen-bond acceptors (Lipinski definition) is 5. The van der Waals surface area contributed by atoms with E-state index in [0.717, 1.165) is 24.0 Å². The van der Waals surface area contributed by atoms with Gasteiger partial charge in [-0.2, -0.15) is 5.21 Å². The number of aromatic amines is 1. The van der Waals surface area contributed by atoms with Gasteiger partial charge in [0, 0.05) is 11.3 Å². The molecule has 0 saturated heterocycles. The van der Waals surface area contributed by atoms with Gasteiger partial charge in [-0.25, -0.2) is 0 Å². The van der Waals surface area contributed by atoms with Gasteiger partial charge in [0.05, 0.1) is 6.10 Å². The predicted octanol–water partition coefficient (Wildman–Crippen LogP) is 1.68. The zero-order chi connectivity index (χ0) is 14.7. The molecule has 1 aliphatic carbocycles. The normalized spacial score (nSPS) is 14.7. The third kappa shape index (κ3) is 3.25. The molecule has 1 aliphatic rings. The molecule has 2 N–H and O–H groups in total. The molecule has 0 aliphatic heterocycles. The predicted molar refractivity (Wildman–Crippen MR) is 76.6 cm³/mol. The first-order valence-corrected chi connectivity index (χ1v) is 6.98. The molecule has 0 bridgehead atoms. The lowest BCUT2D eigenvalue weighted by atomic mass is 9.96. The van der Waals surface area contributed by atoms with Crippen LogP contribution in [0.1, 0.15) is 24.8 Å². The molecule has 1 saturated carbocycles. The Labute approximate surface area is 122 Å². The van der Waals surface area contributed by atoms with Crippen LogP contribution in [0.15, 0.2) is 18.2 Å². The number of nitrogens with one attached hydrogen (secondary N) is 2. The molecular formula is C14H17N5O2. The second-order valence-corrected chi connectivity index (χ2v) is 5.18. The van der Waals surface area contributed by atoms with Crippen molar-refractivity contribution in [2.24, 2.45) is 0 Å². The van der Waals surface area contributed by atoms with Crippen molar-refractivity contribution in [1.82, 2.24) is 20.6 Å². The van der Waals surface area contributed by atoms with Gasteiger partial charge < -0.3 is 10.1 Å². The van der Waals surface area contributed by atoms with Gasteiger partial charge in [0.25, 0.3) is 0 Å². The van der Waals surface area contributed by atoms with Crippen LogP contribution >= 0.6 is 0 Å². The molecular weight excluding hydrogens is 270 g/mol. The number of benzene rings is 1. The van der Waals surface area contributed by atoms with E-state index in [1.165, 1.54) is 6.42 Å². The highest BCUT2D eigenvalue weighted by Crippen LogP contribution is 2.24. The Bertz CT molecular complexity index is 622. The Hall–Kier alpha value is -2.28. The molecule has 1 fully saturated rings. The van der Waals surface area contributed by atoms with E-state index in [9.17, 15) is 4.79 Å². The van der Waals surface area contributed by atoms with Gasteiger partial charge >= 0.3 is 0 Å². The van der Waals surface area contributed by atoms with Crippen molar-refractivity contribution >= 4 is 11.6 Å². The second kappa shape index (κ2) is 6.01. The summed E-state index contributed by atoms with van der Waals surface area (Å²) in [4.78, 5) is 11.9. The summed E-state index contributed by atoms with van der Waals surface area (Å²) in [5.74, 6) is 0.360. The molecule has 7 heteroatoms. The number of rotatable bonds is 5. The number of amides is 1. The second-order valence-electron chi connectivity index (χ2n) is 5.18. The first-order valence-electron chi connectivity index (χ1n) is 6.98. The zero-order valence-corrected chi connectivity index (χ0v) is 11.8. The van der Waals surface area contributed by atoms with Gasteiger partial charge in [0.15, 0.2) is 0 Å². The summed E-state index contributed by atoms with van der Waals surface area (Å²) in [6.45, 7) is 2.05. The summed E-state index contributed by atoms with van der Waals surface area (Å²) in [6, 6.07) is 5.59. The zero-order valence-electron chi connectivity index (χ0n) is 11.8. The molecule has 0 radical (unpaired) electrons. The number of ether oxygens (including phenoxy) is 1. The highest BCUT2D eigenvalue weighted by atomic mass is 16.5. The molecule has 0 unspecified atom stereocenters. The largest absolute Gasteiger partial charge is 0.368 e. The summed E-state index contributed by atoms with van der Waals surface area (Å²) >= 11 is 0. The number of carbonyl (C=O) groups excluding carboxylic acids is 1. The van der Waals surface area contributed by atoms with Crippen molar-refractivity contribution in [3.8, 4) is 11.4 Å². The lowest BCUT2D eigenvalue weighted by Gasteiger charge is -2.25. The smallest absolute Gasteiger partial charge is 0.250 e. The van der Waals surface area contributed by atoms with Crippen LogP contribution in [0, 0.1) is 6.92 Å². The minimum Gasteiger partial charge on any atom is -0.368 e. The average molecular weight is 287 g/mol. The van der Waals surface area contributed by atoms with Crippen molar-refractivity contribution in [3.63, 3.8) is 0 Å². The Morgan fingerprint density at radius 2 is 2.33 bits per heavy atom. The molecule has 1 aromatic heterocycles. The lowest BCUT2D eigenvalue weighted by molar-refractivity contribution is -0.124. The number of aryl methyl sites for hydroxylation is 1. The molecule has 1 aromatic carbocycles. The van der Waals surface area contributed by atoms with E-state index in [1.54, 1.807) is 0 Å². The van der Waals surface area contributed by atoms with E-state index >= 15 is 0 Å². The molecule has 21 heavy (non-hydrogen) atoms. The number of nitrogens with zero attached hydrogens (tertiary/aromatic N) is 3. The van der Waals surface area contributed by atoms with Crippen LogP contribution in [0.2, 0.25) is 0 Å². The van der Waals surface area contributed by atoms with E-state index in [4.69, 9.17) is 4.74 Å². The van der Waals surface area contributed by atoms with E-state index in [0.29, 0.717) is 11.5 Å². The molecule has 2 aromatic rings. The minimum atomic E-state index is -0.148. The van der Waals surface area contributed by atoms with Crippen LogP contribution in [0.4, 0.5) is 5.69 Å². The quantitative estimate of drug-likeness (QED) is 0.872. The fraction of sp³-hybridized carbons (Fsp3) is 0.429. The number of tetrazole rings is 1. The van der Waals surface area contributed by atoms with Crippen molar-refractivity contribution in [1.29, 1.82) is 0 Å². The average Bonchev–Trinajstić information content (AvgIpc) is 2.93. The van der Waals surface area contributed by atoms with E-state index in [1.807, 2.05) is 25.1 Å². The SMILES string of the molecule is Cc1ccc(NC(=O)COC2CCC2)cc1-c1nn[nH]n1. The van der Waals surface area contributed by atoms with Crippen molar-refractivity contribution < 1.29 is 9.53 Å². The number of H-pyrrole nitrogens is 1. The first-order chi connectivity index (χ1) is 10.2. The maximum Gasteiger partial charge on any atom is 0.250 e. The number of aromatic nitrogens is 4. The molecule has 0 spiro atoms. The molecule has 1 heterocycles. The summed E-state index contributed by atoms with van der Waals surface area (Å²) < 4.78 is 5.49. The number of carbonyl (C=O) groups is 1. The lowest BCUT2D eigenvalue weighted by Crippen LogP contribution is -2.27. The monoisotopic (exact) mass is 287 g/mol. The Morgan fingerprint density at radius 1 is 1.48 bits per heavy atom. The van der Waals surface area contributed by atoms with Crippen LogP contribution in [0.3, 0.4) is 0 Å². The molecule has 0 atom stereocenters. The highest BCUT2D eigenvalue weighted by Gasteiger charge is 2.19. The summed E-state index contributed by atoms with van der Waals surface area (Å²) in [5.41, 5.74) is 2.55. The Balaban J connectivity index is 1.65. The van der Waals surface area contributed by atoms with Crippen LogP contribution in [-0.2, 0) is 9.53 Å². The summed E-state index contributed by atoms with van der Waals surface area (Å²) in [6.07, 6.45) is 3.56. The molecule has 1 amide bonds. The van der Waals surface area contributed by atoms with Crippen LogP contribution in [-0.4, -0.2) is 39.2 Å². The molecule has 110 valence electrons. The number of hydrogen-bond donors (Lipinski definition) is 2. The fourth-order valence-corrected chi connectivity index (χ4v) is 2.14. The van der Waals surface area contributed by atoms with Gasteiger partial charge in [-0.3, -0.25) is 4.79 Å². The van der Waals surface area contributed by atoms with Crippen molar-refractivity contribution in [2.75, 3.05) is 11.9 Å². The summed E-state index contributed by atoms with van der Waals surface area (Å²) in [5, 5.41) is 16.7. The van der Waals surface area contributed by atoms with Crippen LogP contribution < -0.4 is 5.32 Å². The third-order valence-electron chi connectivity index (χ3n) is 3.61. The summed E-state index contributed by atoms with van der Waals surface area (Å²) in [7, 11) is 0. The third-order valence-corrected chi connectivity index (χ3v) is 3.61. The van der Waals surface area contributed by atoms with Gasteiger partial charge in [-0.15, -0.1) is 10.2 Å². The number of anilines is 1. The highest BCUT2D eigenvalue weighted by molar-refractivity contribution is 5.92. The van der Waals surface area contributed by atoms with Gasteiger partial charge in [-0.05, 0) is 49.1 Å². The van der Waals surface area contributed by atoms with E-state index in [2.05, 4.69) is 25.9 Å². The topological polar surface area (TPSA) is 92.8 Å². The van der Waals surface area contributed by atoms with Gasteiger partial charge in [0.2, 0.25) is 11.7 Å². The van der Waals surface area contributed by atoms with Gasteiger partial charge in [-0.1, -0.05) is 6.07 Å². The Morgan fingerprint density at radius 3 is 3.00 bits per heavy atom. The van der Waals surface area contributed by atoms with Gasteiger partial charge in [0.1, 0.15) is 6.61 Å². The standard InChI is InChI=1S/C14H17N5O2/c1-9-5-6-10(7-12(9)14-16-18-19-17-14)15-13(20)8-21-11-3-2-4-11/h5-7,11H,2-4,8H2,1H3,(H,15,20)(H,16,17,18,19). The fourth-order valence-electron chi connectivity index (χ4n) is 2.14. The molecule has 7 nitrogen and oxygen atoms in total. The van der Waals surface area contributed by atoms with E-state index in [-0.39, 0.29) is 18.6 Å². The first kappa shape index (κ1) is 13.7. The van der Waals surface area contributed by atoms with Crippen molar-refractivity contribution in [2.45, 2.75) is 32.3 Å². The minimum absolute atomic E-state index is 0.0933. The van der Waals surface area contributed by atoms with E-state index < -0.39 is 0 Å². The van der Waals surface area contributed by atoms with Crippen molar-refractivity contribution in [3.05, 3.63) is 23.8 Å². The maximum absolute atomic E-state index is 11.9. The van der Waals surface area contributed by atoms with Crippen LogP contribution in [0.25, 0.3) is 11.4 Å². The maximum atomic E-state index is 11.9. The van der Waals surface area contributed by atoms with Crippen LogP contribution in [0.5, 0.6) is 0 Å². The molecule has 3 rings (SSSR count).